The number of methoxy groups -OCH3 is 1. The largest absolute Gasteiger partial charge is 0.494 e. The van der Waals surface area contributed by atoms with E-state index < -0.39 is 0 Å². The van der Waals surface area contributed by atoms with Gasteiger partial charge in [0, 0.05) is 12.9 Å². The number of rotatable bonds is 5. The van der Waals surface area contributed by atoms with Crippen molar-refractivity contribution in [1.29, 1.82) is 0 Å². The number of allylic oxidation sites excluding steroid dienone is 1. The van der Waals surface area contributed by atoms with Crippen LogP contribution < -0.4 is 9.75 Å². The molecule has 0 radical (unpaired) electrons. The molecule has 0 fully saturated rings. The van der Waals surface area contributed by atoms with E-state index >= 15 is 0 Å². The molecule has 0 heterocycles. The summed E-state index contributed by atoms with van der Waals surface area (Å²) in [5, 5.41) is 5.65. The van der Waals surface area contributed by atoms with Crippen molar-refractivity contribution in [2.45, 2.75) is 26.7 Å². The molecule has 0 unspecified atom stereocenters. The summed E-state index contributed by atoms with van der Waals surface area (Å²) in [6.45, 7) is 9.81. The van der Waals surface area contributed by atoms with Crippen molar-refractivity contribution in [2.75, 3.05) is 12.1 Å². The molecule has 0 aliphatic carbocycles. The lowest BCUT2D eigenvalue weighted by Crippen LogP contribution is -2.08. The van der Waals surface area contributed by atoms with Gasteiger partial charge in [-0.05, 0) is 30.5 Å². The fourth-order valence-corrected chi connectivity index (χ4v) is 1.59. The second-order valence-electron chi connectivity index (χ2n) is 4.05. The minimum Gasteiger partial charge on any atom is -0.494 e. The molecular formula is C14H20N2O. The molecule has 0 aromatic heterocycles. The molecule has 0 aliphatic heterocycles. The van der Waals surface area contributed by atoms with E-state index in [0.29, 0.717) is 5.92 Å². The third-order valence-electron chi connectivity index (χ3n) is 2.56. The summed E-state index contributed by atoms with van der Waals surface area (Å²) in [7, 11) is 1.67. The van der Waals surface area contributed by atoms with Crippen molar-refractivity contribution >= 4 is 12.4 Å². The molecule has 92 valence electrons. The van der Waals surface area contributed by atoms with E-state index in [1.807, 2.05) is 31.3 Å². The number of benzene rings is 1. The van der Waals surface area contributed by atoms with Crippen LogP contribution in [0.15, 0.2) is 35.6 Å². The summed E-state index contributed by atoms with van der Waals surface area (Å²) in [4.78, 5) is 0. The van der Waals surface area contributed by atoms with E-state index in [4.69, 9.17) is 4.74 Å². The van der Waals surface area contributed by atoms with Crippen LogP contribution in [0.3, 0.4) is 0 Å². The van der Waals surface area contributed by atoms with E-state index in [-0.39, 0.29) is 0 Å². The van der Waals surface area contributed by atoms with Crippen LogP contribution in [0.2, 0.25) is 0 Å². The molecule has 0 spiro atoms. The van der Waals surface area contributed by atoms with Crippen LogP contribution in [0.4, 0.5) is 5.69 Å². The first-order valence-electron chi connectivity index (χ1n) is 5.70. The summed E-state index contributed by atoms with van der Waals surface area (Å²) in [5.74, 6) is 1.28. The smallest absolute Gasteiger partial charge is 0.144 e. The van der Waals surface area contributed by atoms with Gasteiger partial charge in [-0.3, -0.25) is 0 Å². The van der Waals surface area contributed by atoms with Crippen LogP contribution in [0, 0.1) is 0 Å². The quantitative estimate of drug-likeness (QED) is 0.570. The van der Waals surface area contributed by atoms with Gasteiger partial charge in [-0.15, -0.1) is 0 Å². The SMILES string of the molecule is C=NN(/C=C\C)c1ccc(C(C)C)cc1OC. The van der Waals surface area contributed by atoms with Crippen LogP contribution in [-0.4, -0.2) is 13.8 Å². The van der Waals surface area contributed by atoms with Crippen LogP contribution in [-0.2, 0) is 0 Å². The van der Waals surface area contributed by atoms with Crippen LogP contribution in [0.25, 0.3) is 0 Å². The molecule has 0 atom stereocenters. The molecule has 3 nitrogen and oxygen atoms in total. The Kier molecular flexibility index (Phi) is 4.76. The van der Waals surface area contributed by atoms with E-state index in [1.165, 1.54) is 5.56 Å². The number of nitrogens with zero attached hydrogens (tertiary/aromatic N) is 2. The summed E-state index contributed by atoms with van der Waals surface area (Å²) < 4.78 is 5.40. The average Bonchev–Trinajstić information content (AvgIpc) is 2.35. The Morgan fingerprint density at radius 1 is 1.41 bits per heavy atom. The predicted molar refractivity (Wildman–Crippen MR) is 73.9 cm³/mol. The Balaban J connectivity index is 3.19. The number of hydrazone groups is 1. The zero-order chi connectivity index (χ0) is 12.8. The fourth-order valence-electron chi connectivity index (χ4n) is 1.59. The standard InChI is InChI=1S/C14H20N2O/c1-6-9-16(15-4)13-8-7-12(11(2)3)10-14(13)17-5/h6-11H,4H2,1-3,5H3/b9-6-. The van der Waals surface area contributed by atoms with E-state index in [1.54, 1.807) is 12.1 Å². The van der Waals surface area contributed by atoms with E-state index in [0.717, 1.165) is 11.4 Å². The highest BCUT2D eigenvalue weighted by Gasteiger charge is 2.10. The highest BCUT2D eigenvalue weighted by Crippen LogP contribution is 2.32. The Bertz CT molecular complexity index is 411. The maximum Gasteiger partial charge on any atom is 0.144 e. The molecule has 3 heteroatoms. The van der Waals surface area contributed by atoms with Gasteiger partial charge in [-0.1, -0.05) is 26.0 Å². The molecule has 1 aromatic carbocycles. The molecule has 1 rings (SSSR count). The Labute approximate surface area is 103 Å². The number of anilines is 1. The normalized spacial score (nSPS) is 10.9. The summed E-state index contributed by atoms with van der Waals surface area (Å²) in [5.41, 5.74) is 2.14. The lowest BCUT2D eigenvalue weighted by molar-refractivity contribution is 0.414. The Morgan fingerprint density at radius 3 is 2.59 bits per heavy atom. The van der Waals surface area contributed by atoms with Crippen LogP contribution in [0.1, 0.15) is 32.3 Å². The van der Waals surface area contributed by atoms with Gasteiger partial charge in [0.2, 0.25) is 0 Å². The van der Waals surface area contributed by atoms with Crippen molar-refractivity contribution < 1.29 is 4.74 Å². The molecule has 0 saturated heterocycles. The lowest BCUT2D eigenvalue weighted by Gasteiger charge is -2.18. The van der Waals surface area contributed by atoms with Crippen molar-refractivity contribution in [3.8, 4) is 5.75 Å². The highest BCUT2D eigenvalue weighted by atomic mass is 16.5. The van der Waals surface area contributed by atoms with Crippen molar-refractivity contribution in [3.05, 3.63) is 36.0 Å². The molecule has 0 amide bonds. The van der Waals surface area contributed by atoms with Crippen molar-refractivity contribution in [2.24, 2.45) is 5.10 Å². The molecule has 0 N–H and O–H groups in total. The zero-order valence-electron chi connectivity index (χ0n) is 11.0. The minimum absolute atomic E-state index is 0.477. The Hall–Kier alpha value is -1.77. The first kappa shape index (κ1) is 13.3. The van der Waals surface area contributed by atoms with Gasteiger partial charge in [0.25, 0.3) is 0 Å². The molecular weight excluding hydrogens is 212 g/mol. The number of hydrogen-bond acceptors (Lipinski definition) is 3. The summed E-state index contributed by atoms with van der Waals surface area (Å²) in [6, 6.07) is 6.13. The van der Waals surface area contributed by atoms with E-state index in [9.17, 15) is 0 Å². The first-order valence-corrected chi connectivity index (χ1v) is 5.70. The summed E-state index contributed by atoms with van der Waals surface area (Å²) in [6.07, 6.45) is 3.75. The number of ether oxygens (including phenoxy) is 1. The van der Waals surface area contributed by atoms with Crippen molar-refractivity contribution in [3.63, 3.8) is 0 Å². The van der Waals surface area contributed by atoms with Gasteiger partial charge >= 0.3 is 0 Å². The second-order valence-corrected chi connectivity index (χ2v) is 4.05. The Morgan fingerprint density at radius 2 is 2.12 bits per heavy atom. The average molecular weight is 232 g/mol. The first-order chi connectivity index (χ1) is 8.13. The number of hydrogen-bond donors (Lipinski definition) is 0. The third-order valence-corrected chi connectivity index (χ3v) is 2.56. The molecule has 17 heavy (non-hydrogen) atoms. The monoisotopic (exact) mass is 232 g/mol. The predicted octanol–water partition coefficient (Wildman–Crippen LogP) is 3.77. The zero-order valence-corrected chi connectivity index (χ0v) is 11.0. The molecule has 0 aliphatic rings. The minimum atomic E-state index is 0.477. The van der Waals surface area contributed by atoms with Crippen LogP contribution >= 0.6 is 0 Å². The fraction of sp³-hybridized carbons (Fsp3) is 0.357. The second kappa shape index (κ2) is 6.09. The topological polar surface area (TPSA) is 24.8 Å². The molecule has 1 aromatic rings. The maximum atomic E-state index is 5.40. The van der Waals surface area contributed by atoms with Gasteiger partial charge in [0.15, 0.2) is 0 Å². The van der Waals surface area contributed by atoms with E-state index in [2.05, 4.69) is 31.7 Å². The third kappa shape index (κ3) is 3.09. The maximum absolute atomic E-state index is 5.40. The van der Waals surface area contributed by atoms with Crippen LogP contribution in [0.5, 0.6) is 5.75 Å². The van der Waals surface area contributed by atoms with Gasteiger partial charge in [-0.2, -0.15) is 5.10 Å². The highest BCUT2D eigenvalue weighted by molar-refractivity contribution is 5.62. The van der Waals surface area contributed by atoms with Gasteiger partial charge in [0.1, 0.15) is 11.4 Å². The van der Waals surface area contributed by atoms with Gasteiger partial charge in [-0.25, -0.2) is 5.01 Å². The molecule has 0 saturated carbocycles. The summed E-state index contributed by atoms with van der Waals surface area (Å²) >= 11 is 0. The lowest BCUT2D eigenvalue weighted by atomic mass is 10.0. The van der Waals surface area contributed by atoms with Gasteiger partial charge in [0.05, 0.1) is 7.11 Å². The van der Waals surface area contributed by atoms with Gasteiger partial charge < -0.3 is 4.74 Å². The molecule has 0 bridgehead atoms. The van der Waals surface area contributed by atoms with Crippen molar-refractivity contribution in [1.82, 2.24) is 0 Å².